The molecule has 6 heteroatoms. The van der Waals surface area contributed by atoms with E-state index >= 15 is 0 Å². The van der Waals surface area contributed by atoms with Gasteiger partial charge in [-0.3, -0.25) is 0 Å². The molecular weight excluding hydrogens is 323 g/mol. The molecule has 1 atom stereocenters. The van der Waals surface area contributed by atoms with Crippen molar-refractivity contribution < 1.29 is 17.9 Å². The number of nitrogens with two attached hydrogens (primary N) is 1. The second-order valence-electron chi connectivity index (χ2n) is 4.90. The summed E-state index contributed by atoms with van der Waals surface area (Å²) < 4.78 is 43.7. The summed E-state index contributed by atoms with van der Waals surface area (Å²) in [6.45, 7) is 0.576. The van der Waals surface area contributed by atoms with Crippen LogP contribution in [0.25, 0.3) is 0 Å². The third-order valence-corrected chi connectivity index (χ3v) is 4.23. The highest BCUT2D eigenvalue weighted by Crippen LogP contribution is 2.31. The molecule has 0 bridgehead atoms. The van der Waals surface area contributed by atoms with Crippen LogP contribution in [0.5, 0.6) is 5.75 Å². The molecule has 2 aromatic carbocycles. The smallest absolute Gasteiger partial charge is 0.416 e. The van der Waals surface area contributed by atoms with E-state index in [2.05, 4.69) is 0 Å². The Labute approximate surface area is 137 Å². The fourth-order valence-electron chi connectivity index (χ4n) is 2.03. The third-order valence-electron chi connectivity index (χ3n) is 3.16. The van der Waals surface area contributed by atoms with Gasteiger partial charge in [0, 0.05) is 18.1 Å². The number of ether oxygens (including phenoxy) is 1. The number of thioether (sulfide) groups is 1. The minimum atomic E-state index is -4.34. The molecule has 0 fully saturated rings. The van der Waals surface area contributed by atoms with Gasteiger partial charge in [0.15, 0.2) is 0 Å². The number of rotatable bonds is 7. The van der Waals surface area contributed by atoms with Crippen molar-refractivity contribution in [3.05, 3.63) is 65.7 Å². The lowest BCUT2D eigenvalue weighted by Crippen LogP contribution is -2.12. The zero-order valence-corrected chi connectivity index (χ0v) is 13.2. The molecule has 2 N–H and O–H groups in total. The number of alkyl halides is 3. The van der Waals surface area contributed by atoms with Crippen LogP contribution in [0, 0.1) is 0 Å². The third kappa shape index (κ3) is 5.48. The minimum absolute atomic E-state index is 0.232. The Kier molecular flexibility index (Phi) is 6.36. The van der Waals surface area contributed by atoms with Crippen molar-refractivity contribution in [2.24, 2.45) is 5.73 Å². The van der Waals surface area contributed by atoms with Gasteiger partial charge < -0.3 is 10.5 Å². The molecule has 0 heterocycles. The highest BCUT2D eigenvalue weighted by Gasteiger charge is 2.30. The molecule has 0 radical (unpaired) electrons. The minimum Gasteiger partial charge on any atom is -0.485 e. The normalized spacial score (nSPS) is 12.9. The molecule has 2 aromatic rings. The van der Waals surface area contributed by atoms with Crippen molar-refractivity contribution in [1.82, 2.24) is 0 Å². The summed E-state index contributed by atoms with van der Waals surface area (Å²) in [5.41, 5.74) is 5.80. The number of halogens is 3. The van der Waals surface area contributed by atoms with Gasteiger partial charge in [-0.15, -0.1) is 0 Å². The van der Waals surface area contributed by atoms with Gasteiger partial charge >= 0.3 is 6.18 Å². The van der Waals surface area contributed by atoms with E-state index in [4.69, 9.17) is 10.5 Å². The van der Waals surface area contributed by atoms with Gasteiger partial charge in [0.1, 0.15) is 11.9 Å². The maximum absolute atomic E-state index is 12.6. The maximum atomic E-state index is 12.6. The van der Waals surface area contributed by atoms with Gasteiger partial charge in [0.05, 0.1) is 5.56 Å². The van der Waals surface area contributed by atoms with E-state index in [9.17, 15) is 13.2 Å². The maximum Gasteiger partial charge on any atom is 0.416 e. The van der Waals surface area contributed by atoms with Crippen molar-refractivity contribution in [1.29, 1.82) is 0 Å². The molecule has 0 saturated heterocycles. The van der Waals surface area contributed by atoms with Crippen molar-refractivity contribution in [2.75, 3.05) is 18.1 Å². The molecular formula is C17H18F3NOS. The summed E-state index contributed by atoms with van der Waals surface area (Å²) in [5.74, 6) is 1.90. The van der Waals surface area contributed by atoms with Crippen LogP contribution < -0.4 is 10.5 Å². The van der Waals surface area contributed by atoms with Gasteiger partial charge in [-0.25, -0.2) is 0 Å². The van der Waals surface area contributed by atoms with Gasteiger partial charge in [-0.2, -0.15) is 24.9 Å². The lowest BCUT2D eigenvalue weighted by molar-refractivity contribution is -0.137. The summed E-state index contributed by atoms with van der Waals surface area (Å²) in [6, 6.07) is 14.4. The standard InChI is InChI=1S/C17H18F3NOS/c18-17(19,20)14-6-8-15(9-7-14)22-16(12-23-11-10-21)13-4-2-1-3-5-13/h1-9,16H,10-12,21H2. The van der Waals surface area contributed by atoms with Crippen LogP contribution in [0.15, 0.2) is 54.6 Å². The van der Waals surface area contributed by atoms with Crippen LogP contribution >= 0.6 is 11.8 Å². The Balaban J connectivity index is 2.10. The highest BCUT2D eigenvalue weighted by atomic mass is 32.2. The van der Waals surface area contributed by atoms with Crippen molar-refractivity contribution in [3.63, 3.8) is 0 Å². The first-order valence-electron chi connectivity index (χ1n) is 7.17. The lowest BCUT2D eigenvalue weighted by Gasteiger charge is -2.20. The molecule has 124 valence electrons. The Bertz CT molecular complexity index is 587. The predicted octanol–water partition coefficient (Wildman–Crippen LogP) is 4.52. The molecule has 0 spiro atoms. The molecule has 0 aliphatic heterocycles. The second-order valence-corrected chi connectivity index (χ2v) is 6.05. The van der Waals surface area contributed by atoms with E-state index < -0.39 is 11.7 Å². The summed E-state index contributed by atoms with van der Waals surface area (Å²) in [5, 5.41) is 0. The lowest BCUT2D eigenvalue weighted by atomic mass is 10.1. The zero-order valence-electron chi connectivity index (χ0n) is 12.4. The fourth-order valence-corrected chi connectivity index (χ4v) is 2.83. The molecule has 1 unspecified atom stereocenters. The van der Waals surface area contributed by atoms with Gasteiger partial charge in [-0.1, -0.05) is 30.3 Å². The van der Waals surface area contributed by atoms with Gasteiger partial charge in [0.25, 0.3) is 0 Å². The molecule has 0 saturated carbocycles. The Hall–Kier alpha value is -1.66. The van der Waals surface area contributed by atoms with E-state index in [-0.39, 0.29) is 6.10 Å². The topological polar surface area (TPSA) is 35.2 Å². The van der Waals surface area contributed by atoms with Crippen LogP contribution in [-0.4, -0.2) is 18.1 Å². The van der Waals surface area contributed by atoms with Gasteiger partial charge in [0.2, 0.25) is 0 Å². The monoisotopic (exact) mass is 341 g/mol. The van der Waals surface area contributed by atoms with E-state index in [1.165, 1.54) is 12.1 Å². The predicted molar refractivity (Wildman–Crippen MR) is 87.6 cm³/mol. The molecule has 2 rings (SSSR count). The molecule has 2 nitrogen and oxygen atoms in total. The molecule has 0 aromatic heterocycles. The number of benzene rings is 2. The number of hydrogen-bond donors (Lipinski definition) is 1. The van der Waals surface area contributed by atoms with E-state index in [1.807, 2.05) is 30.3 Å². The first-order valence-corrected chi connectivity index (χ1v) is 8.33. The Morgan fingerprint density at radius 3 is 2.22 bits per heavy atom. The van der Waals surface area contributed by atoms with Crippen molar-refractivity contribution in [3.8, 4) is 5.75 Å². The van der Waals surface area contributed by atoms with Crippen LogP contribution in [0.4, 0.5) is 13.2 Å². The van der Waals surface area contributed by atoms with Crippen LogP contribution in [-0.2, 0) is 6.18 Å². The Morgan fingerprint density at radius 2 is 1.65 bits per heavy atom. The summed E-state index contributed by atoms with van der Waals surface area (Å²) in [6.07, 6.45) is -4.57. The molecule has 0 amide bonds. The molecule has 0 aliphatic rings. The quantitative estimate of drug-likeness (QED) is 0.752. The van der Waals surface area contributed by atoms with E-state index in [0.717, 1.165) is 23.4 Å². The average molecular weight is 341 g/mol. The van der Waals surface area contributed by atoms with Crippen LogP contribution in [0.1, 0.15) is 17.2 Å². The summed E-state index contributed by atoms with van der Waals surface area (Å²) >= 11 is 1.65. The Morgan fingerprint density at radius 1 is 1.00 bits per heavy atom. The van der Waals surface area contributed by atoms with Crippen LogP contribution in [0.3, 0.4) is 0 Å². The van der Waals surface area contributed by atoms with Crippen molar-refractivity contribution >= 4 is 11.8 Å². The fraction of sp³-hybridized carbons (Fsp3) is 0.294. The van der Waals surface area contributed by atoms with Gasteiger partial charge in [-0.05, 0) is 29.8 Å². The second kappa shape index (κ2) is 8.26. The average Bonchev–Trinajstić information content (AvgIpc) is 2.54. The zero-order chi connectivity index (χ0) is 16.7. The van der Waals surface area contributed by atoms with E-state index in [1.54, 1.807) is 11.8 Å². The largest absolute Gasteiger partial charge is 0.485 e. The van der Waals surface area contributed by atoms with Crippen LogP contribution in [0.2, 0.25) is 0 Å². The van der Waals surface area contributed by atoms with E-state index in [0.29, 0.717) is 18.0 Å². The first kappa shape index (κ1) is 17.7. The SMILES string of the molecule is NCCSCC(Oc1ccc(C(F)(F)F)cc1)c1ccccc1. The highest BCUT2D eigenvalue weighted by molar-refractivity contribution is 7.99. The number of hydrogen-bond acceptors (Lipinski definition) is 3. The summed E-state index contributed by atoms with van der Waals surface area (Å²) in [7, 11) is 0. The summed E-state index contributed by atoms with van der Waals surface area (Å²) in [4.78, 5) is 0. The molecule has 23 heavy (non-hydrogen) atoms. The molecule has 0 aliphatic carbocycles. The first-order chi connectivity index (χ1) is 11.0. The van der Waals surface area contributed by atoms with Crippen molar-refractivity contribution in [2.45, 2.75) is 12.3 Å².